The smallest absolute Gasteiger partial charge is 0.317 e. The van der Waals surface area contributed by atoms with Gasteiger partial charge in [-0.25, -0.2) is 4.79 Å². The van der Waals surface area contributed by atoms with Gasteiger partial charge in [0.15, 0.2) is 0 Å². The largest absolute Gasteiger partial charge is 0.348 e. The summed E-state index contributed by atoms with van der Waals surface area (Å²) >= 11 is 6.14. The predicted octanol–water partition coefficient (Wildman–Crippen LogP) is 3.79. The molecule has 0 spiro atoms. The van der Waals surface area contributed by atoms with Crippen LogP contribution in [0.4, 0.5) is 4.79 Å². The van der Waals surface area contributed by atoms with E-state index in [4.69, 9.17) is 11.6 Å². The molecule has 0 radical (unpaired) electrons. The minimum Gasteiger partial charge on any atom is -0.348 e. The maximum atomic E-state index is 12.6. The minimum atomic E-state index is -0.129. The molecule has 3 amide bonds. The van der Waals surface area contributed by atoms with Crippen LogP contribution in [0.2, 0.25) is 5.02 Å². The summed E-state index contributed by atoms with van der Waals surface area (Å²) in [6.07, 6.45) is 1.97. The Balaban J connectivity index is 1.67. The second kappa shape index (κ2) is 8.91. The molecule has 142 valence electrons. The molecule has 6 heteroatoms. The van der Waals surface area contributed by atoms with Gasteiger partial charge in [0.25, 0.3) is 5.91 Å². The molecule has 0 aliphatic carbocycles. The van der Waals surface area contributed by atoms with Crippen molar-refractivity contribution in [3.63, 3.8) is 0 Å². The van der Waals surface area contributed by atoms with E-state index in [0.717, 1.165) is 30.5 Å². The molecule has 1 aliphatic rings. The van der Waals surface area contributed by atoms with E-state index in [1.807, 2.05) is 53.4 Å². The number of carbonyl (C=O) groups is 2. The van der Waals surface area contributed by atoms with Crippen LogP contribution in [0.3, 0.4) is 0 Å². The molecule has 2 N–H and O–H groups in total. The van der Waals surface area contributed by atoms with Crippen LogP contribution in [0.1, 0.15) is 40.2 Å². The molecular weight excluding hydrogens is 362 g/mol. The fraction of sp³-hybridized carbons (Fsp3) is 0.333. The third kappa shape index (κ3) is 4.80. The Bertz CT molecular complexity index is 825. The van der Waals surface area contributed by atoms with Crippen molar-refractivity contribution in [3.05, 3.63) is 70.2 Å². The van der Waals surface area contributed by atoms with Gasteiger partial charge in [0.05, 0.1) is 0 Å². The van der Waals surface area contributed by atoms with E-state index < -0.39 is 0 Å². The Labute approximate surface area is 164 Å². The van der Waals surface area contributed by atoms with Crippen LogP contribution in [-0.2, 0) is 6.54 Å². The van der Waals surface area contributed by atoms with Crippen LogP contribution in [0.5, 0.6) is 0 Å². The number of hydrogen-bond acceptors (Lipinski definition) is 2. The van der Waals surface area contributed by atoms with Crippen molar-refractivity contribution in [1.82, 2.24) is 15.5 Å². The van der Waals surface area contributed by atoms with Crippen molar-refractivity contribution in [2.45, 2.75) is 25.3 Å². The summed E-state index contributed by atoms with van der Waals surface area (Å²) in [5, 5.41) is 6.25. The number of likely N-dealkylation sites (tertiary alicyclic amines) is 1. The second-order valence-electron chi connectivity index (χ2n) is 6.74. The fourth-order valence-electron chi connectivity index (χ4n) is 3.44. The van der Waals surface area contributed by atoms with E-state index in [9.17, 15) is 9.59 Å². The monoisotopic (exact) mass is 385 g/mol. The summed E-state index contributed by atoms with van der Waals surface area (Å²) in [6.45, 7) is 1.83. The quantitative estimate of drug-likeness (QED) is 0.841. The third-order valence-electron chi connectivity index (χ3n) is 4.94. The molecule has 1 heterocycles. The van der Waals surface area contributed by atoms with Crippen molar-refractivity contribution in [1.29, 1.82) is 0 Å². The van der Waals surface area contributed by atoms with Crippen molar-refractivity contribution in [2.75, 3.05) is 20.1 Å². The van der Waals surface area contributed by atoms with E-state index in [-0.39, 0.29) is 17.9 Å². The van der Waals surface area contributed by atoms with Crippen LogP contribution in [0.15, 0.2) is 48.5 Å². The number of halogens is 1. The molecule has 0 bridgehead atoms. The Kier molecular flexibility index (Phi) is 6.35. The molecule has 1 aliphatic heterocycles. The Morgan fingerprint density at radius 3 is 2.78 bits per heavy atom. The molecule has 0 aromatic heterocycles. The molecule has 1 saturated heterocycles. The molecule has 3 rings (SSSR count). The molecule has 1 atom stereocenters. The van der Waals surface area contributed by atoms with E-state index in [2.05, 4.69) is 10.6 Å². The first kappa shape index (κ1) is 19.2. The average Bonchev–Trinajstić information content (AvgIpc) is 2.72. The Hall–Kier alpha value is -2.53. The highest BCUT2D eigenvalue weighted by molar-refractivity contribution is 6.31. The summed E-state index contributed by atoms with van der Waals surface area (Å²) < 4.78 is 0. The fourth-order valence-corrected chi connectivity index (χ4v) is 3.65. The molecule has 2 aromatic rings. The van der Waals surface area contributed by atoms with Gasteiger partial charge in [-0.1, -0.05) is 41.9 Å². The van der Waals surface area contributed by atoms with Crippen LogP contribution < -0.4 is 10.6 Å². The number of amides is 3. The number of rotatable bonds is 4. The molecule has 1 unspecified atom stereocenters. The average molecular weight is 386 g/mol. The Morgan fingerprint density at radius 1 is 1.19 bits per heavy atom. The predicted molar refractivity (Wildman–Crippen MR) is 107 cm³/mol. The normalized spacial score (nSPS) is 16.7. The van der Waals surface area contributed by atoms with Crippen LogP contribution in [0.25, 0.3) is 0 Å². The summed E-state index contributed by atoms with van der Waals surface area (Å²) in [7, 11) is 1.65. The Morgan fingerprint density at radius 2 is 2.00 bits per heavy atom. The van der Waals surface area contributed by atoms with Gasteiger partial charge in [-0.15, -0.1) is 0 Å². The van der Waals surface area contributed by atoms with E-state index in [1.54, 1.807) is 7.05 Å². The number of nitrogens with zero attached hydrogens (tertiary/aromatic N) is 1. The van der Waals surface area contributed by atoms with Gasteiger partial charge in [-0.05, 0) is 42.2 Å². The van der Waals surface area contributed by atoms with Crippen molar-refractivity contribution >= 4 is 23.5 Å². The topological polar surface area (TPSA) is 61.4 Å². The molecule has 5 nitrogen and oxygen atoms in total. The zero-order valence-electron chi connectivity index (χ0n) is 15.4. The zero-order valence-corrected chi connectivity index (χ0v) is 16.1. The maximum Gasteiger partial charge on any atom is 0.317 e. The van der Waals surface area contributed by atoms with E-state index in [0.29, 0.717) is 23.7 Å². The van der Waals surface area contributed by atoms with Crippen molar-refractivity contribution in [2.24, 2.45) is 0 Å². The first-order chi connectivity index (χ1) is 13.1. The van der Waals surface area contributed by atoms with Crippen LogP contribution >= 0.6 is 11.6 Å². The summed E-state index contributed by atoms with van der Waals surface area (Å²) in [6, 6.07) is 15.1. The van der Waals surface area contributed by atoms with E-state index in [1.165, 1.54) is 0 Å². The van der Waals surface area contributed by atoms with Gasteiger partial charge in [0, 0.05) is 43.2 Å². The first-order valence-electron chi connectivity index (χ1n) is 9.16. The lowest BCUT2D eigenvalue weighted by Crippen LogP contribution is -2.43. The SMILES string of the molecule is CNC(=O)N1CCCC(c2cccc(C(=O)NCc3ccccc3Cl)c2)C1. The van der Waals surface area contributed by atoms with Gasteiger partial charge in [0.1, 0.15) is 0 Å². The lowest BCUT2D eigenvalue weighted by molar-refractivity contribution is 0.0950. The standard InChI is InChI=1S/C21H24ClN3O2/c1-23-21(27)25-11-5-9-18(14-25)15-7-4-8-16(12-15)20(26)24-13-17-6-2-3-10-19(17)22/h2-4,6-8,10,12,18H,5,9,11,13-14H2,1H3,(H,23,27)(H,24,26). The van der Waals surface area contributed by atoms with Crippen molar-refractivity contribution < 1.29 is 9.59 Å². The van der Waals surface area contributed by atoms with Crippen LogP contribution in [-0.4, -0.2) is 37.0 Å². The highest BCUT2D eigenvalue weighted by atomic mass is 35.5. The van der Waals surface area contributed by atoms with Crippen LogP contribution in [0, 0.1) is 0 Å². The third-order valence-corrected chi connectivity index (χ3v) is 5.31. The molecule has 1 fully saturated rings. The van der Waals surface area contributed by atoms with Crippen molar-refractivity contribution in [3.8, 4) is 0 Å². The van der Waals surface area contributed by atoms with Gasteiger partial charge >= 0.3 is 6.03 Å². The highest BCUT2D eigenvalue weighted by Gasteiger charge is 2.24. The second-order valence-corrected chi connectivity index (χ2v) is 7.15. The molecule has 2 aromatic carbocycles. The lowest BCUT2D eigenvalue weighted by atomic mass is 9.89. The number of piperidine rings is 1. The molecular formula is C21H24ClN3O2. The van der Waals surface area contributed by atoms with Gasteiger partial charge in [0.2, 0.25) is 0 Å². The minimum absolute atomic E-state index is 0.0478. The lowest BCUT2D eigenvalue weighted by Gasteiger charge is -2.32. The number of benzene rings is 2. The van der Waals surface area contributed by atoms with E-state index >= 15 is 0 Å². The molecule has 0 saturated carbocycles. The zero-order chi connectivity index (χ0) is 19.2. The first-order valence-corrected chi connectivity index (χ1v) is 9.54. The van der Waals surface area contributed by atoms with Gasteiger partial charge in [-0.3, -0.25) is 4.79 Å². The number of carbonyl (C=O) groups excluding carboxylic acids is 2. The highest BCUT2D eigenvalue weighted by Crippen LogP contribution is 2.27. The van der Waals surface area contributed by atoms with Gasteiger partial charge in [-0.2, -0.15) is 0 Å². The molecule has 27 heavy (non-hydrogen) atoms. The summed E-state index contributed by atoms with van der Waals surface area (Å²) in [5.74, 6) is 0.114. The van der Waals surface area contributed by atoms with Gasteiger partial charge < -0.3 is 15.5 Å². The maximum absolute atomic E-state index is 12.6. The summed E-state index contributed by atoms with van der Waals surface area (Å²) in [5.41, 5.74) is 2.60. The number of urea groups is 1. The summed E-state index contributed by atoms with van der Waals surface area (Å²) in [4.78, 5) is 26.3. The number of nitrogens with one attached hydrogen (secondary N) is 2. The number of hydrogen-bond donors (Lipinski definition) is 2.